The molecule has 148 valence electrons. The SMILES string of the molecule is O=C(N/N=C\c1cc(Br)c(OCc2ccccc2Cl)c(Br)c1)c1cccc(Cl)c1. The molecule has 3 aromatic carbocycles. The van der Waals surface area contributed by atoms with Gasteiger partial charge in [-0.25, -0.2) is 5.43 Å². The number of nitrogens with zero attached hydrogens (tertiary/aromatic N) is 1. The molecule has 0 aliphatic heterocycles. The van der Waals surface area contributed by atoms with Gasteiger partial charge in [0.05, 0.1) is 15.2 Å². The molecule has 0 spiro atoms. The maximum Gasteiger partial charge on any atom is 0.271 e. The van der Waals surface area contributed by atoms with Crippen LogP contribution in [-0.4, -0.2) is 12.1 Å². The number of hydrazone groups is 1. The highest BCUT2D eigenvalue weighted by Crippen LogP contribution is 2.35. The summed E-state index contributed by atoms with van der Waals surface area (Å²) in [6.07, 6.45) is 1.54. The Morgan fingerprint density at radius 3 is 2.45 bits per heavy atom. The van der Waals surface area contributed by atoms with Crippen LogP contribution in [0.1, 0.15) is 21.5 Å². The molecule has 0 radical (unpaired) electrons. The summed E-state index contributed by atoms with van der Waals surface area (Å²) < 4.78 is 7.37. The van der Waals surface area contributed by atoms with E-state index in [1.54, 1.807) is 24.3 Å². The molecule has 0 atom stereocenters. The van der Waals surface area contributed by atoms with Crippen molar-refractivity contribution in [1.29, 1.82) is 0 Å². The number of ether oxygens (including phenoxy) is 1. The van der Waals surface area contributed by atoms with E-state index < -0.39 is 0 Å². The standard InChI is InChI=1S/C21H14Br2Cl2N2O2/c22-17-8-13(11-26-27-21(28)14-5-3-6-16(24)10-14)9-18(23)20(17)29-12-15-4-1-2-7-19(15)25/h1-11H,12H2,(H,27,28)/b26-11-. The average Bonchev–Trinajstić information content (AvgIpc) is 2.68. The number of carbonyl (C=O) groups is 1. The monoisotopic (exact) mass is 554 g/mol. The van der Waals surface area contributed by atoms with Crippen molar-refractivity contribution < 1.29 is 9.53 Å². The van der Waals surface area contributed by atoms with Crippen molar-refractivity contribution in [2.75, 3.05) is 0 Å². The van der Waals surface area contributed by atoms with Gasteiger partial charge in [-0.3, -0.25) is 4.79 Å². The van der Waals surface area contributed by atoms with E-state index in [1.807, 2.05) is 36.4 Å². The molecule has 0 aromatic heterocycles. The van der Waals surface area contributed by atoms with Crippen molar-refractivity contribution in [3.05, 3.63) is 96.3 Å². The van der Waals surface area contributed by atoms with Crippen LogP contribution in [0.4, 0.5) is 0 Å². The van der Waals surface area contributed by atoms with Gasteiger partial charge in [-0.2, -0.15) is 5.10 Å². The first-order valence-electron chi connectivity index (χ1n) is 8.38. The largest absolute Gasteiger partial charge is 0.486 e. The summed E-state index contributed by atoms with van der Waals surface area (Å²) >= 11 is 19.1. The lowest BCUT2D eigenvalue weighted by atomic mass is 10.2. The first-order chi connectivity index (χ1) is 13.9. The van der Waals surface area contributed by atoms with Gasteiger partial charge in [0.15, 0.2) is 0 Å². The predicted octanol–water partition coefficient (Wildman–Crippen LogP) is 6.86. The maximum absolute atomic E-state index is 12.1. The van der Waals surface area contributed by atoms with Gasteiger partial charge < -0.3 is 4.74 Å². The normalized spacial score (nSPS) is 10.9. The van der Waals surface area contributed by atoms with Crippen LogP contribution in [0.5, 0.6) is 5.75 Å². The molecule has 0 unspecified atom stereocenters. The van der Waals surface area contributed by atoms with Crippen LogP contribution in [0.25, 0.3) is 0 Å². The Labute approximate surface area is 195 Å². The topological polar surface area (TPSA) is 50.7 Å². The number of halogens is 4. The Kier molecular flexibility index (Phi) is 7.72. The molecule has 0 saturated carbocycles. The van der Waals surface area contributed by atoms with Crippen molar-refractivity contribution >= 4 is 67.2 Å². The van der Waals surface area contributed by atoms with E-state index in [0.717, 1.165) is 20.1 Å². The fourth-order valence-corrected chi connectivity index (χ4v) is 4.25. The fraction of sp³-hybridized carbons (Fsp3) is 0.0476. The van der Waals surface area contributed by atoms with E-state index >= 15 is 0 Å². The van der Waals surface area contributed by atoms with E-state index in [4.69, 9.17) is 27.9 Å². The lowest BCUT2D eigenvalue weighted by Gasteiger charge is -2.12. The Balaban J connectivity index is 1.66. The zero-order chi connectivity index (χ0) is 20.8. The number of rotatable bonds is 6. The summed E-state index contributed by atoms with van der Waals surface area (Å²) in [7, 11) is 0. The number of hydrogen-bond donors (Lipinski definition) is 1. The first-order valence-corrected chi connectivity index (χ1v) is 10.7. The average molecular weight is 557 g/mol. The summed E-state index contributed by atoms with van der Waals surface area (Å²) in [6, 6.07) is 17.8. The lowest BCUT2D eigenvalue weighted by molar-refractivity contribution is 0.0955. The van der Waals surface area contributed by atoms with Crippen molar-refractivity contribution in [3.63, 3.8) is 0 Å². The van der Waals surface area contributed by atoms with Crippen LogP contribution in [0.15, 0.2) is 74.7 Å². The van der Waals surface area contributed by atoms with E-state index in [1.165, 1.54) is 6.21 Å². The van der Waals surface area contributed by atoms with Crippen LogP contribution < -0.4 is 10.2 Å². The first kappa shape index (κ1) is 21.8. The van der Waals surface area contributed by atoms with Gasteiger partial charge in [0.2, 0.25) is 0 Å². The number of carbonyl (C=O) groups excluding carboxylic acids is 1. The maximum atomic E-state index is 12.1. The quantitative estimate of drug-likeness (QED) is 0.266. The molecule has 4 nitrogen and oxygen atoms in total. The third-order valence-corrected chi connectivity index (χ3v) is 5.60. The Morgan fingerprint density at radius 2 is 1.76 bits per heavy atom. The van der Waals surface area contributed by atoms with Gasteiger partial charge in [-0.15, -0.1) is 0 Å². The van der Waals surface area contributed by atoms with Gasteiger partial charge in [0.25, 0.3) is 5.91 Å². The number of hydrogen-bond acceptors (Lipinski definition) is 3. The molecule has 0 saturated heterocycles. The lowest BCUT2D eigenvalue weighted by Crippen LogP contribution is -2.17. The third kappa shape index (κ3) is 6.06. The van der Waals surface area contributed by atoms with Gasteiger partial charge >= 0.3 is 0 Å². The summed E-state index contributed by atoms with van der Waals surface area (Å²) in [6.45, 7) is 0.333. The molecular weight excluding hydrogens is 543 g/mol. The van der Waals surface area contributed by atoms with Crippen molar-refractivity contribution in [2.45, 2.75) is 6.61 Å². The van der Waals surface area contributed by atoms with E-state index in [9.17, 15) is 4.79 Å². The third-order valence-electron chi connectivity index (χ3n) is 3.82. The van der Waals surface area contributed by atoms with Gasteiger partial charge in [-0.1, -0.05) is 47.5 Å². The van der Waals surface area contributed by atoms with E-state index in [2.05, 4.69) is 42.4 Å². The van der Waals surface area contributed by atoms with Crippen LogP contribution in [0.3, 0.4) is 0 Å². The second-order valence-corrected chi connectivity index (χ2v) is 8.46. The second-order valence-electron chi connectivity index (χ2n) is 5.90. The summed E-state index contributed by atoms with van der Waals surface area (Å²) in [5, 5.41) is 5.14. The highest BCUT2D eigenvalue weighted by Gasteiger charge is 2.10. The highest BCUT2D eigenvalue weighted by atomic mass is 79.9. The van der Waals surface area contributed by atoms with E-state index in [-0.39, 0.29) is 5.91 Å². The zero-order valence-corrected chi connectivity index (χ0v) is 19.5. The Hall–Kier alpha value is -1.86. The molecule has 1 amide bonds. The van der Waals surface area contributed by atoms with Crippen molar-refractivity contribution in [1.82, 2.24) is 5.43 Å². The van der Waals surface area contributed by atoms with E-state index in [0.29, 0.717) is 28.0 Å². The fourth-order valence-electron chi connectivity index (χ4n) is 2.42. The highest BCUT2D eigenvalue weighted by molar-refractivity contribution is 9.11. The van der Waals surface area contributed by atoms with Crippen LogP contribution in [-0.2, 0) is 6.61 Å². The summed E-state index contributed by atoms with van der Waals surface area (Å²) in [5.41, 5.74) is 4.56. The van der Waals surface area contributed by atoms with Crippen LogP contribution in [0, 0.1) is 0 Å². The minimum atomic E-state index is -0.346. The molecule has 0 fully saturated rings. The van der Waals surface area contributed by atoms with Gasteiger partial charge in [-0.05, 0) is 73.8 Å². The molecule has 3 aromatic rings. The summed E-state index contributed by atoms with van der Waals surface area (Å²) in [4.78, 5) is 12.1. The molecule has 0 aliphatic rings. The Bertz CT molecular complexity index is 1050. The zero-order valence-electron chi connectivity index (χ0n) is 14.8. The number of nitrogens with one attached hydrogen (secondary N) is 1. The van der Waals surface area contributed by atoms with Crippen molar-refractivity contribution in [2.24, 2.45) is 5.10 Å². The number of benzene rings is 3. The van der Waals surface area contributed by atoms with Crippen LogP contribution in [0.2, 0.25) is 10.0 Å². The summed E-state index contributed by atoms with van der Waals surface area (Å²) in [5.74, 6) is 0.298. The molecule has 29 heavy (non-hydrogen) atoms. The minimum absolute atomic E-state index is 0.333. The molecular formula is C21H14Br2Cl2N2O2. The van der Waals surface area contributed by atoms with Gasteiger partial charge in [0.1, 0.15) is 12.4 Å². The predicted molar refractivity (Wildman–Crippen MR) is 124 cm³/mol. The molecule has 1 N–H and O–H groups in total. The molecule has 0 bridgehead atoms. The van der Waals surface area contributed by atoms with Gasteiger partial charge in [0, 0.05) is 21.2 Å². The Morgan fingerprint density at radius 1 is 1.03 bits per heavy atom. The van der Waals surface area contributed by atoms with Crippen LogP contribution >= 0.6 is 55.1 Å². The second kappa shape index (κ2) is 10.3. The molecule has 0 heterocycles. The molecule has 3 rings (SSSR count). The molecule has 8 heteroatoms. The minimum Gasteiger partial charge on any atom is -0.486 e. The smallest absolute Gasteiger partial charge is 0.271 e. The number of amides is 1. The molecule has 0 aliphatic carbocycles. The van der Waals surface area contributed by atoms with Crippen molar-refractivity contribution in [3.8, 4) is 5.75 Å².